The van der Waals surface area contributed by atoms with Crippen LogP contribution in [0.15, 0.2) is 28.7 Å². The lowest BCUT2D eigenvalue weighted by molar-refractivity contribution is -0.0231. The third-order valence-electron chi connectivity index (χ3n) is 5.81. The molecule has 1 aliphatic carbocycles. The van der Waals surface area contributed by atoms with E-state index in [0.717, 1.165) is 0 Å². The summed E-state index contributed by atoms with van der Waals surface area (Å²) < 4.78 is 24.6. The van der Waals surface area contributed by atoms with Gasteiger partial charge in [0.25, 0.3) is 5.91 Å². The van der Waals surface area contributed by atoms with E-state index in [1.807, 2.05) is 6.92 Å². The number of hydrogen-bond acceptors (Lipinski definition) is 5. The minimum atomic E-state index is -0.611. The van der Waals surface area contributed by atoms with Crippen LogP contribution in [0, 0.1) is 24.6 Å². The highest BCUT2D eigenvalue weighted by molar-refractivity contribution is 5.92. The predicted molar refractivity (Wildman–Crippen MR) is 99.6 cm³/mol. The van der Waals surface area contributed by atoms with E-state index < -0.39 is 6.10 Å². The van der Waals surface area contributed by atoms with E-state index in [1.54, 1.807) is 24.0 Å². The van der Waals surface area contributed by atoms with Gasteiger partial charge in [-0.2, -0.15) is 0 Å². The number of carbonyl (C=O) groups excluding carboxylic acids is 1. The number of aliphatic hydroxyl groups is 1. The number of benzene rings is 1. The van der Waals surface area contributed by atoms with Crippen molar-refractivity contribution in [3.8, 4) is 5.75 Å². The maximum atomic E-state index is 13.1. The Labute approximate surface area is 163 Å². The Hall–Kier alpha value is -2.41. The van der Waals surface area contributed by atoms with Gasteiger partial charge >= 0.3 is 0 Å². The van der Waals surface area contributed by atoms with Gasteiger partial charge in [0.2, 0.25) is 5.76 Å². The third-order valence-corrected chi connectivity index (χ3v) is 5.81. The van der Waals surface area contributed by atoms with E-state index >= 15 is 0 Å². The number of carbonyl (C=O) groups is 1. The summed E-state index contributed by atoms with van der Waals surface area (Å²) in [5.41, 5.74) is 0.620. The summed E-state index contributed by atoms with van der Waals surface area (Å²) in [4.78, 5) is 19.0. The molecule has 4 rings (SSSR count). The molecule has 0 bridgehead atoms. The Kier molecular flexibility index (Phi) is 5.10. The molecule has 1 aromatic carbocycles. The monoisotopic (exact) mass is 388 g/mol. The lowest BCUT2D eigenvalue weighted by atomic mass is 9.78. The zero-order valence-electron chi connectivity index (χ0n) is 16.1. The zero-order valence-corrected chi connectivity index (χ0v) is 16.1. The van der Waals surface area contributed by atoms with Crippen LogP contribution in [0.5, 0.6) is 5.75 Å². The molecule has 2 aliphatic rings. The van der Waals surface area contributed by atoms with Gasteiger partial charge in [-0.1, -0.05) is 6.92 Å². The molecule has 1 saturated heterocycles. The lowest BCUT2D eigenvalue weighted by Crippen LogP contribution is -2.42. The predicted octanol–water partition coefficient (Wildman–Crippen LogP) is 2.98. The van der Waals surface area contributed by atoms with Crippen LogP contribution < -0.4 is 4.74 Å². The fourth-order valence-electron chi connectivity index (χ4n) is 4.32. The highest BCUT2D eigenvalue weighted by Gasteiger charge is 2.44. The van der Waals surface area contributed by atoms with Crippen molar-refractivity contribution in [3.63, 3.8) is 0 Å². The van der Waals surface area contributed by atoms with Gasteiger partial charge in [-0.25, -0.2) is 9.37 Å². The van der Waals surface area contributed by atoms with Gasteiger partial charge in [0, 0.05) is 19.5 Å². The second kappa shape index (κ2) is 7.54. The molecule has 6 nitrogen and oxygen atoms in total. The Balaban J connectivity index is 1.42. The van der Waals surface area contributed by atoms with Gasteiger partial charge in [0.15, 0.2) is 5.89 Å². The van der Waals surface area contributed by atoms with Crippen LogP contribution in [-0.2, 0) is 6.42 Å². The molecule has 28 heavy (non-hydrogen) atoms. The summed E-state index contributed by atoms with van der Waals surface area (Å²) >= 11 is 0. The van der Waals surface area contributed by atoms with Crippen LogP contribution in [0.25, 0.3) is 0 Å². The summed E-state index contributed by atoms with van der Waals surface area (Å²) in [5, 5.41) is 10.5. The van der Waals surface area contributed by atoms with Crippen molar-refractivity contribution in [3.05, 3.63) is 47.4 Å². The van der Waals surface area contributed by atoms with Crippen LogP contribution in [-0.4, -0.2) is 46.2 Å². The van der Waals surface area contributed by atoms with Crippen LogP contribution in [0.2, 0.25) is 0 Å². The number of rotatable bonds is 4. The average Bonchev–Trinajstić information content (AvgIpc) is 3.26. The summed E-state index contributed by atoms with van der Waals surface area (Å²) in [7, 11) is 0. The Bertz CT molecular complexity index is 851. The van der Waals surface area contributed by atoms with Crippen molar-refractivity contribution >= 4 is 5.91 Å². The number of aromatic nitrogens is 1. The van der Waals surface area contributed by atoms with Crippen LogP contribution in [0.3, 0.4) is 0 Å². The molecule has 0 spiro atoms. The molecule has 2 fully saturated rings. The Morgan fingerprint density at radius 2 is 1.96 bits per heavy atom. The highest BCUT2D eigenvalue weighted by Crippen LogP contribution is 2.38. The number of hydrogen-bond donors (Lipinski definition) is 1. The standard InChI is InChI=1S/C21H25FN2O4/c1-3-19-23-12(2)20(28-19)21(26)24-10-13-8-17(25)18(9-14(13)11-24)27-16-6-4-15(22)5-7-16/h4-7,13-14,17-18,25H,3,8-11H2,1-2H3/t13-,14+,17+,18+/m0/s1. The Morgan fingerprint density at radius 1 is 1.29 bits per heavy atom. The fraction of sp³-hybridized carbons (Fsp3) is 0.524. The maximum Gasteiger partial charge on any atom is 0.291 e. The molecule has 2 aromatic rings. The zero-order chi connectivity index (χ0) is 19.8. The molecule has 1 N–H and O–H groups in total. The Morgan fingerprint density at radius 3 is 2.61 bits per heavy atom. The smallest absolute Gasteiger partial charge is 0.291 e. The number of nitrogens with zero attached hydrogens (tertiary/aromatic N) is 2. The van der Waals surface area contributed by atoms with Gasteiger partial charge in [0.1, 0.15) is 17.7 Å². The molecule has 1 aromatic heterocycles. The van der Waals surface area contributed by atoms with E-state index in [-0.39, 0.29) is 29.7 Å². The van der Waals surface area contributed by atoms with E-state index in [4.69, 9.17) is 9.15 Å². The van der Waals surface area contributed by atoms with E-state index in [1.165, 1.54) is 12.1 Å². The quantitative estimate of drug-likeness (QED) is 0.872. The minimum absolute atomic E-state index is 0.135. The number of fused-ring (bicyclic) bond motifs is 1. The normalized spacial score (nSPS) is 26.9. The number of aliphatic hydroxyl groups excluding tert-OH is 1. The van der Waals surface area contributed by atoms with Crippen LogP contribution >= 0.6 is 0 Å². The van der Waals surface area contributed by atoms with Crippen molar-refractivity contribution in [2.24, 2.45) is 11.8 Å². The molecule has 1 saturated carbocycles. The molecule has 1 amide bonds. The maximum absolute atomic E-state index is 13.1. The summed E-state index contributed by atoms with van der Waals surface area (Å²) in [6.07, 6.45) is 0.910. The lowest BCUT2D eigenvalue weighted by Gasteiger charge is -2.35. The summed E-state index contributed by atoms with van der Waals surface area (Å²) in [5.74, 6) is 1.46. The first kappa shape index (κ1) is 18.9. The molecule has 150 valence electrons. The topological polar surface area (TPSA) is 75.8 Å². The minimum Gasteiger partial charge on any atom is -0.488 e. The van der Waals surface area contributed by atoms with Crippen molar-refractivity contribution in [2.45, 2.75) is 45.3 Å². The average molecular weight is 388 g/mol. The van der Waals surface area contributed by atoms with E-state index in [9.17, 15) is 14.3 Å². The van der Waals surface area contributed by atoms with Gasteiger partial charge in [0.05, 0.1) is 11.8 Å². The van der Waals surface area contributed by atoms with E-state index in [2.05, 4.69) is 4.98 Å². The number of amides is 1. The highest BCUT2D eigenvalue weighted by atomic mass is 19.1. The van der Waals surface area contributed by atoms with Crippen molar-refractivity contribution in [1.29, 1.82) is 0 Å². The van der Waals surface area contributed by atoms with Crippen molar-refractivity contribution in [1.82, 2.24) is 9.88 Å². The van der Waals surface area contributed by atoms with Crippen LogP contribution in [0.1, 0.15) is 41.9 Å². The molecule has 1 aliphatic heterocycles. The van der Waals surface area contributed by atoms with Crippen molar-refractivity contribution in [2.75, 3.05) is 13.1 Å². The molecule has 2 heterocycles. The molecule has 7 heteroatoms. The largest absolute Gasteiger partial charge is 0.488 e. The third kappa shape index (κ3) is 3.63. The number of likely N-dealkylation sites (tertiary alicyclic amines) is 1. The summed E-state index contributed by atoms with van der Waals surface area (Å²) in [6.45, 7) is 4.94. The van der Waals surface area contributed by atoms with Gasteiger partial charge in [-0.3, -0.25) is 4.79 Å². The first-order valence-electron chi connectivity index (χ1n) is 9.80. The SMILES string of the molecule is CCc1nc(C)c(C(=O)N2C[C@H]3C[C@@H](Oc4ccc(F)cc4)[C@H](O)C[C@H]3C2)o1. The number of oxazole rings is 1. The number of halogens is 1. The molecule has 4 atom stereocenters. The molecule has 0 unspecified atom stereocenters. The van der Waals surface area contributed by atoms with Gasteiger partial charge in [-0.15, -0.1) is 0 Å². The van der Waals surface area contributed by atoms with Gasteiger partial charge in [-0.05, 0) is 55.9 Å². The molecular formula is C21H25FN2O4. The number of aryl methyl sites for hydroxylation is 2. The second-order valence-corrected chi connectivity index (χ2v) is 7.75. The fourth-order valence-corrected chi connectivity index (χ4v) is 4.32. The summed E-state index contributed by atoms with van der Waals surface area (Å²) in [6, 6.07) is 5.81. The first-order valence-corrected chi connectivity index (χ1v) is 9.80. The van der Waals surface area contributed by atoms with Crippen LogP contribution in [0.4, 0.5) is 4.39 Å². The molecule has 0 radical (unpaired) electrons. The molecular weight excluding hydrogens is 363 g/mol. The van der Waals surface area contributed by atoms with E-state index in [0.29, 0.717) is 55.4 Å². The van der Waals surface area contributed by atoms with Crippen molar-refractivity contribution < 1.29 is 23.4 Å². The number of ether oxygens (including phenoxy) is 1. The van der Waals surface area contributed by atoms with Gasteiger partial charge < -0.3 is 19.2 Å². The second-order valence-electron chi connectivity index (χ2n) is 7.75. The first-order chi connectivity index (χ1) is 13.4.